The Bertz CT molecular complexity index is 3130. The Morgan fingerprint density at radius 1 is 0.373 bits per heavy atom. The molecule has 4 aromatic heterocycles. The first-order valence-corrected chi connectivity index (χ1v) is 18.0. The summed E-state index contributed by atoms with van der Waals surface area (Å²) in [5.41, 5.74) is 8.70. The maximum Gasteiger partial charge on any atom is 0.162 e. The van der Waals surface area contributed by atoms with Crippen LogP contribution < -0.4 is 0 Å². The second-order valence-electron chi connectivity index (χ2n) is 13.0. The maximum atomic E-state index is 5.31. The topological polar surface area (TPSA) is 35.6 Å². The van der Waals surface area contributed by atoms with Crippen LogP contribution in [0.3, 0.4) is 0 Å². The molecule has 5 heteroatoms. The van der Waals surface area contributed by atoms with Gasteiger partial charge in [0.2, 0.25) is 0 Å². The molecule has 0 N–H and O–H groups in total. The molecule has 4 nitrogen and oxygen atoms in total. The van der Waals surface area contributed by atoms with E-state index in [4.69, 9.17) is 9.97 Å². The van der Waals surface area contributed by atoms with Crippen molar-refractivity contribution >= 4 is 75.1 Å². The molecule has 0 aliphatic heterocycles. The lowest BCUT2D eigenvalue weighted by molar-refractivity contribution is 1.05. The number of rotatable bonds is 4. The molecule has 4 heterocycles. The highest BCUT2D eigenvalue weighted by Gasteiger charge is 2.20. The zero-order chi connectivity index (χ0) is 33.5. The fraction of sp³-hybridized carbons (Fsp3) is 0. The third kappa shape index (κ3) is 4.32. The Balaban J connectivity index is 1.21. The Kier molecular flexibility index (Phi) is 6.09. The van der Waals surface area contributed by atoms with E-state index < -0.39 is 0 Å². The van der Waals surface area contributed by atoms with E-state index in [1.54, 1.807) is 0 Å². The fourth-order valence-corrected chi connectivity index (χ4v) is 8.98. The minimum Gasteiger partial charge on any atom is -0.309 e. The van der Waals surface area contributed by atoms with Crippen LogP contribution in [0.1, 0.15) is 0 Å². The number of thiophene rings is 1. The van der Waals surface area contributed by atoms with E-state index in [2.05, 4.69) is 161 Å². The van der Waals surface area contributed by atoms with Crippen molar-refractivity contribution in [1.29, 1.82) is 0 Å². The van der Waals surface area contributed by atoms with E-state index >= 15 is 0 Å². The smallest absolute Gasteiger partial charge is 0.162 e. The monoisotopic (exact) mass is 668 g/mol. The zero-order valence-corrected chi connectivity index (χ0v) is 28.2. The first-order chi connectivity index (χ1) is 25.3. The summed E-state index contributed by atoms with van der Waals surface area (Å²) < 4.78 is 7.26. The Labute approximate surface area is 297 Å². The van der Waals surface area contributed by atoms with Crippen molar-refractivity contribution in [2.45, 2.75) is 0 Å². The van der Waals surface area contributed by atoms with Crippen LogP contribution in [0.15, 0.2) is 170 Å². The van der Waals surface area contributed by atoms with E-state index in [0.717, 1.165) is 39.4 Å². The van der Waals surface area contributed by atoms with Crippen molar-refractivity contribution in [3.63, 3.8) is 0 Å². The predicted molar refractivity (Wildman–Crippen MR) is 214 cm³/mol. The summed E-state index contributed by atoms with van der Waals surface area (Å²) in [6.07, 6.45) is 0. The number of benzene rings is 7. The third-order valence-electron chi connectivity index (χ3n) is 10.1. The number of fused-ring (bicyclic) bond motifs is 9. The molecule has 11 aromatic rings. The maximum absolute atomic E-state index is 5.31. The highest BCUT2D eigenvalue weighted by atomic mass is 32.1. The molecule has 0 spiro atoms. The molecule has 0 fully saturated rings. The summed E-state index contributed by atoms with van der Waals surface area (Å²) in [5, 5.41) is 7.37. The van der Waals surface area contributed by atoms with Crippen LogP contribution >= 0.6 is 11.3 Å². The molecule has 0 saturated carbocycles. The molecule has 0 amide bonds. The van der Waals surface area contributed by atoms with Gasteiger partial charge in [-0.15, -0.1) is 11.3 Å². The van der Waals surface area contributed by atoms with Gasteiger partial charge in [0.15, 0.2) is 5.82 Å². The van der Waals surface area contributed by atoms with Gasteiger partial charge in [-0.05, 0) is 48.5 Å². The van der Waals surface area contributed by atoms with E-state index in [9.17, 15) is 0 Å². The molecule has 11 rings (SSSR count). The number of nitrogens with zero attached hydrogens (tertiary/aromatic N) is 4. The first-order valence-electron chi connectivity index (χ1n) is 17.2. The summed E-state index contributed by atoms with van der Waals surface area (Å²) in [6.45, 7) is 0. The molecule has 7 aromatic carbocycles. The van der Waals surface area contributed by atoms with E-state index in [1.807, 2.05) is 29.5 Å². The van der Waals surface area contributed by atoms with Gasteiger partial charge in [0.25, 0.3) is 0 Å². The number of para-hydroxylation sites is 3. The van der Waals surface area contributed by atoms with Crippen LogP contribution in [0.2, 0.25) is 0 Å². The highest BCUT2D eigenvalue weighted by Crippen LogP contribution is 2.41. The normalized spacial score (nSPS) is 11.9. The molecule has 0 bridgehead atoms. The van der Waals surface area contributed by atoms with Crippen LogP contribution in [-0.2, 0) is 0 Å². The van der Waals surface area contributed by atoms with Gasteiger partial charge in [-0.1, -0.05) is 115 Å². The van der Waals surface area contributed by atoms with Crippen molar-refractivity contribution in [2.75, 3.05) is 0 Å². The molecule has 0 aliphatic carbocycles. The third-order valence-corrected chi connectivity index (χ3v) is 11.3. The Morgan fingerprint density at radius 2 is 0.961 bits per heavy atom. The minimum absolute atomic E-state index is 0.701. The molecule has 0 unspecified atom stereocenters. The average Bonchev–Trinajstić information content (AvgIpc) is 3.84. The Hall–Kier alpha value is -6.56. The molecule has 0 saturated heterocycles. The lowest BCUT2D eigenvalue weighted by Crippen LogP contribution is -2.02. The number of aromatic nitrogens is 4. The van der Waals surface area contributed by atoms with Crippen LogP contribution in [0.4, 0.5) is 0 Å². The molecule has 0 radical (unpaired) electrons. The van der Waals surface area contributed by atoms with Crippen LogP contribution in [-0.4, -0.2) is 19.1 Å². The van der Waals surface area contributed by atoms with E-state index in [1.165, 1.54) is 52.8 Å². The van der Waals surface area contributed by atoms with Gasteiger partial charge in [0.1, 0.15) is 5.82 Å². The van der Waals surface area contributed by atoms with Gasteiger partial charge in [0.05, 0.1) is 27.8 Å². The van der Waals surface area contributed by atoms with Crippen molar-refractivity contribution in [3.05, 3.63) is 170 Å². The summed E-state index contributed by atoms with van der Waals surface area (Å²) in [7, 11) is 0. The van der Waals surface area contributed by atoms with E-state index in [0.29, 0.717) is 5.82 Å². The molecule has 238 valence electrons. The van der Waals surface area contributed by atoms with Crippen molar-refractivity contribution < 1.29 is 0 Å². The summed E-state index contributed by atoms with van der Waals surface area (Å²) in [6, 6.07) is 60.6. The van der Waals surface area contributed by atoms with Gasteiger partial charge < -0.3 is 4.57 Å². The van der Waals surface area contributed by atoms with Gasteiger partial charge in [0, 0.05) is 64.6 Å². The molecule has 51 heavy (non-hydrogen) atoms. The van der Waals surface area contributed by atoms with Crippen molar-refractivity contribution in [2.24, 2.45) is 0 Å². The first kappa shape index (κ1) is 28.3. The summed E-state index contributed by atoms with van der Waals surface area (Å²) in [5.74, 6) is 1.54. The molecule has 0 atom stereocenters. The van der Waals surface area contributed by atoms with Gasteiger partial charge in [-0.3, -0.25) is 4.57 Å². The summed E-state index contributed by atoms with van der Waals surface area (Å²) >= 11 is 1.83. The predicted octanol–water partition coefficient (Wildman–Crippen LogP) is 12.4. The van der Waals surface area contributed by atoms with Crippen molar-refractivity contribution in [3.8, 4) is 34.2 Å². The zero-order valence-electron chi connectivity index (χ0n) is 27.4. The van der Waals surface area contributed by atoms with Gasteiger partial charge >= 0.3 is 0 Å². The van der Waals surface area contributed by atoms with Gasteiger partial charge in [-0.2, -0.15) is 0 Å². The minimum atomic E-state index is 0.701. The Morgan fingerprint density at radius 3 is 1.71 bits per heavy atom. The van der Waals surface area contributed by atoms with Crippen molar-refractivity contribution in [1.82, 2.24) is 19.1 Å². The lowest BCUT2D eigenvalue weighted by Gasteiger charge is -2.12. The summed E-state index contributed by atoms with van der Waals surface area (Å²) in [4.78, 5) is 10.5. The molecular weight excluding hydrogens is 641 g/mol. The number of hydrogen-bond donors (Lipinski definition) is 0. The second-order valence-corrected chi connectivity index (χ2v) is 14.1. The number of hydrogen-bond acceptors (Lipinski definition) is 3. The van der Waals surface area contributed by atoms with Crippen LogP contribution in [0, 0.1) is 0 Å². The standard InChI is InChI=1S/C46H28N4S/c1-3-13-29(14-4-1)46-47-38(30-23-24-35-34-19-9-12-22-43(34)51-44(35)25-30)28-45(48-46)50-40-21-11-8-18-33(40)37-26-41-36(27-42(37)50)32-17-7-10-20-39(32)49(41)31-15-5-2-6-16-31/h1-28H. The SMILES string of the molecule is c1ccc(-c2nc(-c3ccc4c(c3)sc3ccccc34)cc(-n3c4ccccc4c4cc5c(cc43)c3ccccc3n5-c3ccccc3)n2)cc1. The fourth-order valence-electron chi connectivity index (χ4n) is 7.83. The highest BCUT2D eigenvalue weighted by molar-refractivity contribution is 7.25. The van der Waals surface area contributed by atoms with Crippen LogP contribution in [0.5, 0.6) is 0 Å². The van der Waals surface area contributed by atoms with Crippen LogP contribution in [0.25, 0.3) is 97.9 Å². The molecule has 0 aliphatic rings. The average molecular weight is 669 g/mol. The van der Waals surface area contributed by atoms with Gasteiger partial charge in [-0.25, -0.2) is 9.97 Å². The largest absolute Gasteiger partial charge is 0.309 e. The quantitative estimate of drug-likeness (QED) is 0.187. The lowest BCUT2D eigenvalue weighted by atomic mass is 10.1. The van der Waals surface area contributed by atoms with E-state index in [-0.39, 0.29) is 0 Å². The second kappa shape index (κ2) is 11.0. The molecular formula is C46H28N4S.